The number of carbonyl (C=O) groups is 1. The second kappa shape index (κ2) is 5.79. The van der Waals surface area contributed by atoms with E-state index in [1.165, 1.54) is 17.4 Å². The maximum absolute atomic E-state index is 12.6. The van der Waals surface area contributed by atoms with Gasteiger partial charge in [0.2, 0.25) is 10.0 Å². The van der Waals surface area contributed by atoms with Gasteiger partial charge in [0, 0.05) is 31.4 Å². The number of aromatic nitrogens is 1. The Labute approximate surface area is 113 Å². The molecule has 0 N–H and O–H groups in total. The van der Waals surface area contributed by atoms with Gasteiger partial charge in [0.05, 0.1) is 0 Å². The first-order valence-electron chi connectivity index (χ1n) is 6.43. The minimum Gasteiger partial charge on any atom is -0.300 e. The Kier molecular flexibility index (Phi) is 4.31. The van der Waals surface area contributed by atoms with E-state index in [0.29, 0.717) is 13.0 Å². The molecule has 1 aliphatic rings. The number of rotatable bonds is 4. The van der Waals surface area contributed by atoms with Crippen LogP contribution in [0, 0.1) is 0 Å². The highest BCUT2D eigenvalue weighted by atomic mass is 32.2. The van der Waals surface area contributed by atoms with Crippen molar-refractivity contribution in [3.8, 4) is 0 Å². The minimum atomic E-state index is -3.54. The molecule has 1 aromatic heterocycles. The van der Waals surface area contributed by atoms with E-state index in [4.69, 9.17) is 0 Å². The zero-order valence-electron chi connectivity index (χ0n) is 10.9. The SMILES string of the molecule is CC(=O)CC1CCCCN1S(=O)(=O)c1cccnc1. The van der Waals surface area contributed by atoms with E-state index < -0.39 is 10.0 Å². The average molecular weight is 282 g/mol. The summed E-state index contributed by atoms with van der Waals surface area (Å²) in [5.41, 5.74) is 0. The molecule has 0 spiro atoms. The molecule has 1 saturated heterocycles. The van der Waals surface area contributed by atoms with Crippen molar-refractivity contribution in [3.63, 3.8) is 0 Å². The molecule has 1 fully saturated rings. The lowest BCUT2D eigenvalue weighted by Gasteiger charge is -2.34. The highest BCUT2D eigenvalue weighted by Crippen LogP contribution is 2.26. The van der Waals surface area contributed by atoms with Crippen LogP contribution in [-0.2, 0) is 14.8 Å². The standard InChI is InChI=1S/C13H18N2O3S/c1-11(16)9-12-5-2-3-8-15(12)19(17,18)13-6-4-7-14-10-13/h4,6-7,10,12H,2-3,5,8-9H2,1H3. The molecule has 1 atom stereocenters. The molecule has 0 amide bonds. The molecule has 19 heavy (non-hydrogen) atoms. The molecule has 2 heterocycles. The molecule has 0 saturated carbocycles. The molecule has 0 radical (unpaired) electrons. The molecular formula is C13H18N2O3S. The van der Waals surface area contributed by atoms with Gasteiger partial charge < -0.3 is 0 Å². The van der Waals surface area contributed by atoms with Gasteiger partial charge in [-0.3, -0.25) is 9.78 Å². The van der Waals surface area contributed by atoms with Crippen LogP contribution < -0.4 is 0 Å². The number of nitrogens with zero attached hydrogens (tertiary/aromatic N) is 2. The van der Waals surface area contributed by atoms with Crippen molar-refractivity contribution < 1.29 is 13.2 Å². The predicted molar refractivity (Wildman–Crippen MR) is 71.1 cm³/mol. The predicted octanol–water partition coefficient (Wildman–Crippen LogP) is 1.60. The largest absolute Gasteiger partial charge is 0.300 e. The van der Waals surface area contributed by atoms with Crippen molar-refractivity contribution in [3.05, 3.63) is 24.5 Å². The highest BCUT2D eigenvalue weighted by Gasteiger charge is 2.33. The second-order valence-corrected chi connectivity index (χ2v) is 6.75. The molecule has 104 valence electrons. The summed E-state index contributed by atoms with van der Waals surface area (Å²) in [7, 11) is -3.54. The van der Waals surface area contributed by atoms with Crippen LogP contribution in [0.4, 0.5) is 0 Å². The molecule has 1 unspecified atom stereocenters. The smallest absolute Gasteiger partial charge is 0.244 e. The summed E-state index contributed by atoms with van der Waals surface area (Å²) in [6.07, 6.45) is 5.75. The van der Waals surface area contributed by atoms with Gasteiger partial charge in [0.15, 0.2) is 0 Å². The maximum Gasteiger partial charge on any atom is 0.244 e. The van der Waals surface area contributed by atoms with Crippen molar-refractivity contribution in [1.29, 1.82) is 0 Å². The quantitative estimate of drug-likeness (QED) is 0.841. The topological polar surface area (TPSA) is 67.3 Å². The van der Waals surface area contributed by atoms with Gasteiger partial charge in [-0.05, 0) is 31.9 Å². The molecule has 1 aromatic rings. The Morgan fingerprint density at radius 2 is 2.26 bits per heavy atom. The van der Waals surface area contributed by atoms with Crippen molar-refractivity contribution in [1.82, 2.24) is 9.29 Å². The Morgan fingerprint density at radius 3 is 2.89 bits per heavy atom. The number of piperidine rings is 1. The zero-order valence-corrected chi connectivity index (χ0v) is 11.8. The van der Waals surface area contributed by atoms with Gasteiger partial charge in [-0.1, -0.05) is 6.42 Å². The Hall–Kier alpha value is -1.27. The van der Waals surface area contributed by atoms with Crippen LogP contribution in [-0.4, -0.2) is 36.1 Å². The highest BCUT2D eigenvalue weighted by molar-refractivity contribution is 7.89. The normalized spacial score (nSPS) is 21.2. The lowest BCUT2D eigenvalue weighted by atomic mass is 10.0. The monoisotopic (exact) mass is 282 g/mol. The first-order valence-corrected chi connectivity index (χ1v) is 7.87. The zero-order chi connectivity index (χ0) is 13.9. The summed E-state index contributed by atoms with van der Waals surface area (Å²) in [5.74, 6) is 0.0262. The van der Waals surface area contributed by atoms with Crippen LogP contribution in [0.25, 0.3) is 0 Å². The van der Waals surface area contributed by atoms with E-state index in [9.17, 15) is 13.2 Å². The van der Waals surface area contributed by atoms with E-state index in [1.54, 1.807) is 18.3 Å². The van der Waals surface area contributed by atoms with Gasteiger partial charge in [0.25, 0.3) is 0 Å². The van der Waals surface area contributed by atoms with Crippen LogP contribution in [0.1, 0.15) is 32.6 Å². The molecular weight excluding hydrogens is 264 g/mol. The molecule has 1 aliphatic heterocycles. The second-order valence-electron chi connectivity index (χ2n) is 4.86. The minimum absolute atomic E-state index is 0.0262. The third-order valence-corrected chi connectivity index (χ3v) is 5.27. The average Bonchev–Trinajstić information content (AvgIpc) is 2.39. The number of carbonyl (C=O) groups excluding carboxylic acids is 1. The fraction of sp³-hybridized carbons (Fsp3) is 0.538. The molecule has 2 rings (SSSR count). The van der Waals surface area contributed by atoms with Gasteiger partial charge in [-0.15, -0.1) is 0 Å². The lowest BCUT2D eigenvalue weighted by molar-refractivity contribution is -0.118. The summed E-state index contributed by atoms with van der Waals surface area (Å²) >= 11 is 0. The summed E-state index contributed by atoms with van der Waals surface area (Å²) in [6, 6.07) is 2.94. The number of Topliss-reactive ketones (excluding diaryl/α,β-unsaturated/α-hetero) is 1. The molecule has 5 nitrogen and oxygen atoms in total. The van der Waals surface area contributed by atoms with Crippen molar-refractivity contribution in [2.45, 2.75) is 43.5 Å². The first-order chi connectivity index (χ1) is 9.01. The summed E-state index contributed by atoms with van der Waals surface area (Å²) in [5, 5.41) is 0. The molecule has 0 aliphatic carbocycles. The molecule has 0 aromatic carbocycles. The number of hydrogen-bond donors (Lipinski definition) is 0. The van der Waals surface area contributed by atoms with Crippen molar-refractivity contribution in [2.24, 2.45) is 0 Å². The van der Waals surface area contributed by atoms with E-state index >= 15 is 0 Å². The molecule has 0 bridgehead atoms. The van der Waals surface area contributed by atoms with Gasteiger partial charge in [0.1, 0.15) is 10.7 Å². The number of hydrogen-bond acceptors (Lipinski definition) is 4. The van der Waals surface area contributed by atoms with Gasteiger partial charge >= 0.3 is 0 Å². The first kappa shape index (κ1) is 14.1. The van der Waals surface area contributed by atoms with Crippen LogP contribution in [0.3, 0.4) is 0 Å². The molecule has 6 heteroatoms. The van der Waals surface area contributed by atoms with Gasteiger partial charge in [-0.2, -0.15) is 4.31 Å². The van der Waals surface area contributed by atoms with Crippen molar-refractivity contribution >= 4 is 15.8 Å². The number of pyridine rings is 1. The van der Waals surface area contributed by atoms with Crippen LogP contribution in [0.2, 0.25) is 0 Å². The van der Waals surface area contributed by atoms with Crippen LogP contribution in [0.5, 0.6) is 0 Å². The number of ketones is 1. The fourth-order valence-corrected chi connectivity index (χ4v) is 4.12. The Balaban J connectivity index is 2.29. The van der Waals surface area contributed by atoms with Gasteiger partial charge in [-0.25, -0.2) is 8.42 Å². The van der Waals surface area contributed by atoms with E-state index in [2.05, 4.69) is 4.98 Å². The Morgan fingerprint density at radius 1 is 1.47 bits per heavy atom. The summed E-state index contributed by atoms with van der Waals surface area (Å²) < 4.78 is 26.6. The third-order valence-electron chi connectivity index (χ3n) is 3.34. The number of sulfonamides is 1. The van der Waals surface area contributed by atoms with E-state index in [-0.39, 0.29) is 16.7 Å². The van der Waals surface area contributed by atoms with E-state index in [0.717, 1.165) is 19.3 Å². The lowest BCUT2D eigenvalue weighted by Crippen LogP contribution is -2.44. The van der Waals surface area contributed by atoms with Crippen LogP contribution in [0.15, 0.2) is 29.4 Å². The summed E-state index contributed by atoms with van der Waals surface area (Å²) in [6.45, 7) is 1.98. The van der Waals surface area contributed by atoms with E-state index in [1.807, 2.05) is 0 Å². The van der Waals surface area contributed by atoms with Crippen molar-refractivity contribution in [2.75, 3.05) is 6.54 Å². The third kappa shape index (κ3) is 3.19. The summed E-state index contributed by atoms with van der Waals surface area (Å²) in [4.78, 5) is 15.3. The van der Waals surface area contributed by atoms with Crippen LogP contribution >= 0.6 is 0 Å². The Bertz CT molecular complexity index is 542. The maximum atomic E-state index is 12.6. The fourth-order valence-electron chi connectivity index (χ4n) is 2.46.